The topological polar surface area (TPSA) is 80.3 Å². The van der Waals surface area contributed by atoms with Gasteiger partial charge in [-0.3, -0.25) is 0 Å². The van der Waals surface area contributed by atoms with Crippen LogP contribution in [0.1, 0.15) is 19.8 Å². The van der Waals surface area contributed by atoms with Crippen LogP contribution < -0.4 is 4.72 Å². The third-order valence-corrected chi connectivity index (χ3v) is 6.10. The van der Waals surface area contributed by atoms with Gasteiger partial charge in [0.1, 0.15) is 10.7 Å². The SMILES string of the molecule is CCC1CC1NS(=O)(=O)c1ccc(S(=O)(=O)Cl)cc1F. The molecule has 0 bridgehead atoms. The summed E-state index contributed by atoms with van der Waals surface area (Å²) in [7, 11) is -3.02. The van der Waals surface area contributed by atoms with E-state index < -0.39 is 34.7 Å². The van der Waals surface area contributed by atoms with E-state index in [9.17, 15) is 21.2 Å². The Morgan fingerprint density at radius 2 is 2.00 bits per heavy atom. The fourth-order valence-corrected chi connectivity index (χ4v) is 4.10. The van der Waals surface area contributed by atoms with E-state index in [-0.39, 0.29) is 12.0 Å². The molecule has 1 fully saturated rings. The summed E-state index contributed by atoms with van der Waals surface area (Å²) in [5.41, 5.74) is 0. The van der Waals surface area contributed by atoms with Gasteiger partial charge in [0, 0.05) is 16.7 Å². The van der Waals surface area contributed by atoms with Gasteiger partial charge < -0.3 is 0 Å². The summed E-state index contributed by atoms with van der Waals surface area (Å²) >= 11 is 0. The second-order valence-electron chi connectivity index (χ2n) is 4.66. The maximum atomic E-state index is 13.8. The van der Waals surface area contributed by atoms with Crippen LogP contribution in [0.2, 0.25) is 0 Å². The van der Waals surface area contributed by atoms with Crippen molar-refractivity contribution < 1.29 is 21.2 Å². The Kier molecular flexibility index (Phi) is 4.12. The number of hydrogen-bond donors (Lipinski definition) is 1. The van der Waals surface area contributed by atoms with E-state index in [0.29, 0.717) is 6.07 Å². The molecule has 0 amide bonds. The first kappa shape index (κ1) is 15.7. The van der Waals surface area contributed by atoms with Crippen molar-refractivity contribution >= 4 is 29.8 Å². The van der Waals surface area contributed by atoms with E-state index in [0.717, 1.165) is 25.0 Å². The second-order valence-corrected chi connectivity index (χ2v) is 8.91. The van der Waals surface area contributed by atoms with E-state index in [4.69, 9.17) is 10.7 Å². The maximum Gasteiger partial charge on any atom is 0.261 e. The van der Waals surface area contributed by atoms with E-state index >= 15 is 0 Å². The van der Waals surface area contributed by atoms with Gasteiger partial charge in [-0.05, 0) is 30.5 Å². The van der Waals surface area contributed by atoms with Crippen molar-refractivity contribution in [3.8, 4) is 0 Å². The lowest BCUT2D eigenvalue weighted by Gasteiger charge is -2.08. The lowest BCUT2D eigenvalue weighted by atomic mass is 10.3. The number of benzene rings is 1. The highest BCUT2D eigenvalue weighted by Gasteiger charge is 2.39. The molecule has 0 saturated heterocycles. The summed E-state index contributed by atoms with van der Waals surface area (Å²) < 4.78 is 62.3. The Morgan fingerprint density at radius 3 is 2.45 bits per heavy atom. The normalized spacial score (nSPS) is 22.8. The average molecular weight is 342 g/mol. The molecular weight excluding hydrogens is 329 g/mol. The zero-order valence-electron chi connectivity index (χ0n) is 10.5. The van der Waals surface area contributed by atoms with Crippen molar-refractivity contribution in [1.29, 1.82) is 0 Å². The standard InChI is InChI=1S/C11H13ClFNO4S2/c1-2-7-5-10(7)14-20(17,18)11-4-3-8(6-9(11)13)19(12,15)16/h3-4,6-7,10,14H,2,5H2,1H3. The first-order chi connectivity index (χ1) is 9.15. The van der Waals surface area contributed by atoms with Gasteiger partial charge in [-0.1, -0.05) is 13.3 Å². The number of halogens is 2. The van der Waals surface area contributed by atoms with Crippen LogP contribution in [-0.4, -0.2) is 22.9 Å². The number of nitrogens with one attached hydrogen (secondary N) is 1. The minimum Gasteiger partial charge on any atom is -0.208 e. The van der Waals surface area contributed by atoms with Crippen LogP contribution in [0, 0.1) is 11.7 Å². The summed E-state index contributed by atoms with van der Waals surface area (Å²) in [5.74, 6) is -0.872. The minimum atomic E-state index is -4.09. The Bertz CT molecular complexity index is 733. The second kappa shape index (κ2) is 5.25. The molecule has 0 spiro atoms. The fraction of sp³-hybridized carbons (Fsp3) is 0.455. The van der Waals surface area contributed by atoms with Crippen LogP contribution in [0.15, 0.2) is 28.0 Å². The van der Waals surface area contributed by atoms with Gasteiger partial charge in [0.25, 0.3) is 9.05 Å². The molecule has 0 aliphatic heterocycles. The van der Waals surface area contributed by atoms with Crippen LogP contribution in [0.4, 0.5) is 4.39 Å². The maximum absolute atomic E-state index is 13.8. The molecular formula is C11H13ClFNO4S2. The monoisotopic (exact) mass is 341 g/mol. The van der Waals surface area contributed by atoms with Crippen molar-refractivity contribution in [2.45, 2.75) is 35.6 Å². The van der Waals surface area contributed by atoms with Crippen molar-refractivity contribution in [1.82, 2.24) is 4.72 Å². The van der Waals surface area contributed by atoms with E-state index in [2.05, 4.69) is 4.72 Å². The van der Waals surface area contributed by atoms with E-state index in [1.165, 1.54) is 0 Å². The van der Waals surface area contributed by atoms with Crippen LogP contribution in [0.25, 0.3) is 0 Å². The van der Waals surface area contributed by atoms with Crippen molar-refractivity contribution in [3.05, 3.63) is 24.0 Å². The number of rotatable bonds is 5. The third kappa shape index (κ3) is 3.30. The van der Waals surface area contributed by atoms with Crippen molar-refractivity contribution in [3.63, 3.8) is 0 Å². The highest BCUT2D eigenvalue weighted by atomic mass is 35.7. The van der Waals surface area contributed by atoms with Crippen molar-refractivity contribution in [2.24, 2.45) is 5.92 Å². The van der Waals surface area contributed by atoms with Gasteiger partial charge in [0.15, 0.2) is 0 Å². The molecule has 2 rings (SSSR count). The van der Waals surface area contributed by atoms with Gasteiger partial charge >= 0.3 is 0 Å². The molecule has 0 radical (unpaired) electrons. The summed E-state index contributed by atoms with van der Waals surface area (Å²) in [6, 6.07) is 2.28. The van der Waals surface area contributed by atoms with E-state index in [1.54, 1.807) is 0 Å². The molecule has 0 aromatic heterocycles. The molecule has 20 heavy (non-hydrogen) atoms. The zero-order valence-corrected chi connectivity index (χ0v) is 12.9. The molecule has 2 atom stereocenters. The van der Waals surface area contributed by atoms with Crippen LogP contribution in [-0.2, 0) is 19.1 Å². The smallest absolute Gasteiger partial charge is 0.208 e. The third-order valence-electron chi connectivity index (χ3n) is 3.23. The summed E-state index contributed by atoms with van der Waals surface area (Å²) in [5, 5.41) is 0. The highest BCUT2D eigenvalue weighted by molar-refractivity contribution is 8.13. The Morgan fingerprint density at radius 1 is 1.35 bits per heavy atom. The van der Waals surface area contributed by atoms with Gasteiger partial charge in [0.2, 0.25) is 10.0 Å². The highest BCUT2D eigenvalue weighted by Crippen LogP contribution is 2.34. The Labute approximate surface area is 121 Å². The van der Waals surface area contributed by atoms with E-state index in [1.807, 2.05) is 6.92 Å². The van der Waals surface area contributed by atoms with Crippen LogP contribution in [0.3, 0.4) is 0 Å². The molecule has 1 saturated carbocycles. The quantitative estimate of drug-likeness (QED) is 0.828. The molecule has 1 aliphatic rings. The van der Waals surface area contributed by atoms with Gasteiger partial charge in [-0.25, -0.2) is 25.9 Å². The van der Waals surface area contributed by atoms with Gasteiger partial charge in [-0.15, -0.1) is 0 Å². The molecule has 1 aromatic rings. The number of sulfonamides is 1. The lowest BCUT2D eigenvalue weighted by molar-refractivity contribution is 0.550. The molecule has 1 aliphatic carbocycles. The minimum absolute atomic E-state index is 0.180. The lowest BCUT2D eigenvalue weighted by Crippen LogP contribution is -2.27. The Hall–Kier alpha value is -0.700. The van der Waals surface area contributed by atoms with Gasteiger partial charge in [-0.2, -0.15) is 0 Å². The fourth-order valence-electron chi connectivity index (χ4n) is 1.96. The predicted molar refractivity (Wildman–Crippen MR) is 71.9 cm³/mol. The molecule has 0 heterocycles. The summed E-state index contributed by atoms with van der Waals surface area (Å²) in [4.78, 5) is -1.06. The van der Waals surface area contributed by atoms with Crippen molar-refractivity contribution in [2.75, 3.05) is 0 Å². The van der Waals surface area contributed by atoms with Gasteiger partial charge in [0.05, 0.1) is 4.90 Å². The molecule has 2 unspecified atom stereocenters. The summed E-state index contributed by atoms with van der Waals surface area (Å²) in [6.07, 6.45) is 1.57. The molecule has 1 N–H and O–H groups in total. The largest absolute Gasteiger partial charge is 0.261 e. The van der Waals surface area contributed by atoms with Crippen LogP contribution >= 0.6 is 10.7 Å². The number of hydrogen-bond acceptors (Lipinski definition) is 4. The predicted octanol–water partition coefficient (Wildman–Crippen LogP) is 1.83. The van der Waals surface area contributed by atoms with Crippen LogP contribution in [0.5, 0.6) is 0 Å². The first-order valence-electron chi connectivity index (χ1n) is 5.91. The zero-order chi connectivity index (χ0) is 15.1. The molecule has 5 nitrogen and oxygen atoms in total. The average Bonchev–Trinajstić information content (AvgIpc) is 3.04. The molecule has 112 valence electrons. The first-order valence-corrected chi connectivity index (χ1v) is 9.71. The Balaban J connectivity index is 2.29. The summed E-state index contributed by atoms with van der Waals surface area (Å²) in [6.45, 7) is 1.94. The molecule has 9 heteroatoms. The molecule has 1 aromatic carbocycles.